The van der Waals surface area contributed by atoms with E-state index in [2.05, 4.69) is 74.6 Å². The van der Waals surface area contributed by atoms with E-state index in [1.165, 1.54) is 23.5 Å². The maximum absolute atomic E-state index is 13.7. The predicted octanol–water partition coefficient (Wildman–Crippen LogP) is 5.35. The van der Waals surface area contributed by atoms with E-state index in [4.69, 9.17) is 13.9 Å². The van der Waals surface area contributed by atoms with Gasteiger partial charge in [0.2, 0.25) is 5.91 Å². The predicted molar refractivity (Wildman–Crippen MR) is 185 cm³/mol. The quantitative estimate of drug-likeness (QED) is 0.259. The highest BCUT2D eigenvalue weighted by Gasteiger charge is 2.52. The van der Waals surface area contributed by atoms with Crippen LogP contribution < -0.4 is 15.7 Å². The fraction of sp³-hybridized carbons (Fsp3) is 0.541. The van der Waals surface area contributed by atoms with Gasteiger partial charge in [-0.2, -0.15) is 0 Å². The molecule has 3 rings (SSSR count). The van der Waals surface area contributed by atoms with Gasteiger partial charge in [0.1, 0.15) is 23.3 Å². The normalized spacial score (nSPS) is 18.7. The molecule has 9 heteroatoms. The Morgan fingerprint density at radius 2 is 1.39 bits per heavy atom. The number of nitrogens with zero attached hydrogens (tertiary/aromatic N) is 1. The SMILES string of the molecule is CC(=O)NC=CC[C@@H](C(=O)OC(C)(C)C)N1C[C@H](CO[Si](c2ccccc2)(c2ccccc2)C(C)(C)C)CC1C(=O)OC(C)(C)C. The smallest absolute Gasteiger partial charge is 0.324 e. The molecule has 0 spiro atoms. The number of ether oxygens (including phenoxy) is 2. The van der Waals surface area contributed by atoms with Crippen LogP contribution in [0.25, 0.3) is 0 Å². The minimum atomic E-state index is -2.82. The van der Waals surface area contributed by atoms with Crippen LogP contribution in [-0.4, -0.2) is 67.5 Å². The second-order valence-electron chi connectivity index (χ2n) is 15.2. The van der Waals surface area contributed by atoms with Gasteiger partial charge in [-0.25, -0.2) is 0 Å². The summed E-state index contributed by atoms with van der Waals surface area (Å²) in [7, 11) is -2.82. The number of carbonyl (C=O) groups is 3. The molecule has 1 amide bonds. The molecule has 0 aromatic heterocycles. The summed E-state index contributed by atoms with van der Waals surface area (Å²) in [5, 5.41) is 4.80. The number of hydrogen-bond donors (Lipinski definition) is 1. The first-order chi connectivity index (χ1) is 21.3. The van der Waals surface area contributed by atoms with Crippen LogP contribution in [0.1, 0.15) is 82.1 Å². The molecular weight excluding hydrogens is 597 g/mol. The molecule has 1 saturated heterocycles. The van der Waals surface area contributed by atoms with Gasteiger partial charge in [0.05, 0.1) is 0 Å². The summed E-state index contributed by atoms with van der Waals surface area (Å²) in [5.74, 6) is -1.07. The van der Waals surface area contributed by atoms with Crippen molar-refractivity contribution in [3.05, 3.63) is 72.9 Å². The minimum absolute atomic E-state index is 0.0524. The summed E-state index contributed by atoms with van der Waals surface area (Å²) in [4.78, 5) is 40.8. The molecule has 0 radical (unpaired) electrons. The fourth-order valence-electron chi connectivity index (χ4n) is 6.13. The number of benzene rings is 2. The summed E-state index contributed by atoms with van der Waals surface area (Å²) in [6.45, 7) is 20.0. The van der Waals surface area contributed by atoms with Crippen LogP contribution in [0.5, 0.6) is 0 Å². The van der Waals surface area contributed by atoms with E-state index in [1.54, 1.807) is 6.08 Å². The zero-order valence-electron chi connectivity index (χ0n) is 29.4. The Bertz CT molecular complexity index is 1300. The molecule has 1 heterocycles. The molecule has 1 aliphatic heterocycles. The van der Waals surface area contributed by atoms with Crippen molar-refractivity contribution in [1.29, 1.82) is 0 Å². The van der Waals surface area contributed by atoms with Crippen LogP contribution in [0.3, 0.4) is 0 Å². The molecule has 2 aromatic rings. The van der Waals surface area contributed by atoms with E-state index in [1.807, 2.05) is 58.6 Å². The molecule has 46 heavy (non-hydrogen) atoms. The number of hydrogen-bond acceptors (Lipinski definition) is 7. The monoisotopic (exact) mass is 650 g/mol. The Balaban J connectivity index is 2.02. The second kappa shape index (κ2) is 15.1. The molecule has 2 aromatic carbocycles. The van der Waals surface area contributed by atoms with Crippen molar-refractivity contribution in [3.8, 4) is 0 Å². The van der Waals surface area contributed by atoms with E-state index < -0.39 is 37.6 Å². The van der Waals surface area contributed by atoms with Crippen molar-refractivity contribution >= 4 is 36.5 Å². The van der Waals surface area contributed by atoms with E-state index >= 15 is 0 Å². The minimum Gasteiger partial charge on any atom is -0.459 e. The lowest BCUT2D eigenvalue weighted by molar-refractivity contribution is -0.167. The average Bonchev–Trinajstić information content (AvgIpc) is 3.36. The highest BCUT2D eigenvalue weighted by Crippen LogP contribution is 2.38. The Labute approximate surface area is 277 Å². The fourth-order valence-corrected chi connectivity index (χ4v) is 10.8. The van der Waals surface area contributed by atoms with Crippen LogP contribution in [-0.2, 0) is 28.3 Å². The van der Waals surface area contributed by atoms with Crippen molar-refractivity contribution < 1.29 is 28.3 Å². The van der Waals surface area contributed by atoms with Gasteiger partial charge in [-0.05, 0) is 81.9 Å². The van der Waals surface area contributed by atoms with Crippen molar-refractivity contribution in [2.45, 2.75) is 110 Å². The molecule has 252 valence electrons. The third kappa shape index (κ3) is 9.86. The van der Waals surface area contributed by atoms with Gasteiger partial charge in [-0.3, -0.25) is 19.3 Å². The Kier molecular flexibility index (Phi) is 12.2. The Hall–Kier alpha value is -3.27. The molecule has 8 nitrogen and oxygen atoms in total. The van der Waals surface area contributed by atoms with Crippen molar-refractivity contribution in [2.24, 2.45) is 5.92 Å². The second-order valence-corrected chi connectivity index (χ2v) is 19.5. The van der Waals surface area contributed by atoms with Gasteiger partial charge in [0.15, 0.2) is 0 Å². The molecule has 3 atom stereocenters. The molecule has 1 N–H and O–H groups in total. The van der Waals surface area contributed by atoms with Gasteiger partial charge in [-0.1, -0.05) is 87.5 Å². The van der Waals surface area contributed by atoms with Crippen LogP contribution >= 0.6 is 0 Å². The Morgan fingerprint density at radius 1 is 0.870 bits per heavy atom. The molecule has 1 fully saturated rings. The van der Waals surface area contributed by atoms with Crippen molar-refractivity contribution in [2.75, 3.05) is 13.2 Å². The number of nitrogens with one attached hydrogen (secondary N) is 1. The topological polar surface area (TPSA) is 94.2 Å². The summed E-state index contributed by atoms with van der Waals surface area (Å²) in [5.41, 5.74) is -1.41. The largest absolute Gasteiger partial charge is 0.459 e. The molecular formula is C37H54N2O6Si. The highest BCUT2D eigenvalue weighted by molar-refractivity contribution is 6.99. The van der Waals surface area contributed by atoms with Gasteiger partial charge in [-0.15, -0.1) is 0 Å². The number of esters is 2. The lowest BCUT2D eigenvalue weighted by Crippen LogP contribution is -2.67. The van der Waals surface area contributed by atoms with E-state index in [-0.39, 0.29) is 29.3 Å². The lowest BCUT2D eigenvalue weighted by atomic mass is 10.1. The molecule has 0 aliphatic carbocycles. The van der Waals surface area contributed by atoms with Crippen molar-refractivity contribution in [3.63, 3.8) is 0 Å². The van der Waals surface area contributed by atoms with E-state index in [9.17, 15) is 14.4 Å². The lowest BCUT2D eigenvalue weighted by Gasteiger charge is -2.43. The number of amides is 1. The van der Waals surface area contributed by atoms with Crippen molar-refractivity contribution in [1.82, 2.24) is 10.2 Å². The molecule has 1 aliphatic rings. The van der Waals surface area contributed by atoms with Crippen LogP contribution in [0, 0.1) is 5.92 Å². The van der Waals surface area contributed by atoms with Crippen LogP contribution in [0.2, 0.25) is 5.04 Å². The van der Waals surface area contributed by atoms with Gasteiger partial charge in [0.25, 0.3) is 8.32 Å². The molecule has 0 bridgehead atoms. The molecule has 0 saturated carbocycles. The summed E-state index contributed by atoms with van der Waals surface area (Å²) < 4.78 is 19.0. The maximum atomic E-state index is 13.7. The average molecular weight is 651 g/mol. The zero-order chi connectivity index (χ0) is 34.3. The highest BCUT2D eigenvalue weighted by atomic mass is 28.4. The number of likely N-dealkylation sites (tertiary alicyclic amines) is 1. The zero-order valence-corrected chi connectivity index (χ0v) is 30.4. The number of rotatable bonds is 11. The summed E-state index contributed by atoms with van der Waals surface area (Å²) in [6.07, 6.45) is 3.98. The van der Waals surface area contributed by atoms with Crippen LogP contribution in [0.4, 0.5) is 0 Å². The first kappa shape index (κ1) is 37.2. The van der Waals surface area contributed by atoms with Gasteiger partial charge >= 0.3 is 11.9 Å². The third-order valence-corrected chi connectivity index (χ3v) is 12.9. The Morgan fingerprint density at radius 3 is 1.85 bits per heavy atom. The summed E-state index contributed by atoms with van der Waals surface area (Å²) >= 11 is 0. The van der Waals surface area contributed by atoms with E-state index in [0.29, 0.717) is 19.6 Å². The molecule has 1 unspecified atom stereocenters. The van der Waals surface area contributed by atoms with E-state index in [0.717, 1.165) is 0 Å². The first-order valence-corrected chi connectivity index (χ1v) is 18.1. The maximum Gasteiger partial charge on any atom is 0.324 e. The number of carbonyl (C=O) groups excluding carboxylic acids is 3. The third-order valence-electron chi connectivity index (χ3n) is 7.90. The summed E-state index contributed by atoms with van der Waals surface area (Å²) in [6, 6.07) is 19.5. The first-order valence-electron chi connectivity index (χ1n) is 16.2. The van der Waals surface area contributed by atoms with Gasteiger partial charge < -0.3 is 19.2 Å². The standard InChI is InChI=1S/C37H54N2O6Si/c1-27(40)38-23-17-22-31(33(41)44-35(2,3)4)39-25-28(24-32(39)34(42)45-36(5,6)7)26-43-46(37(8,9)10,29-18-13-11-14-19-29)30-20-15-12-16-21-30/h11-21,23,28,31-32H,22,24-26H2,1-10H3,(H,38,40)/t28-,31+,32?/m1/s1. The van der Waals surface area contributed by atoms with Gasteiger partial charge in [0, 0.05) is 20.1 Å². The van der Waals surface area contributed by atoms with Crippen LogP contribution in [0.15, 0.2) is 72.9 Å².